The van der Waals surface area contributed by atoms with Gasteiger partial charge in [-0.15, -0.1) is 0 Å². The maximum absolute atomic E-state index is 11.1. The molecule has 5 nitrogen and oxygen atoms in total. The van der Waals surface area contributed by atoms with Crippen molar-refractivity contribution in [3.05, 3.63) is 12.2 Å². The van der Waals surface area contributed by atoms with E-state index < -0.39 is 0 Å². The van der Waals surface area contributed by atoms with Gasteiger partial charge < -0.3 is 21.3 Å². The molecule has 0 aromatic heterocycles. The van der Waals surface area contributed by atoms with Crippen molar-refractivity contribution in [2.45, 2.75) is 6.92 Å². The molecule has 0 aliphatic heterocycles. The lowest BCUT2D eigenvalue weighted by Gasteiger charge is -2.07. The Morgan fingerprint density at radius 2 is 1.50 bits per heavy atom. The first kappa shape index (κ1) is 15.1. The van der Waals surface area contributed by atoms with Gasteiger partial charge in [0.1, 0.15) is 0 Å². The van der Waals surface area contributed by atoms with Crippen molar-refractivity contribution in [2.24, 2.45) is 0 Å². The Morgan fingerprint density at radius 1 is 1.00 bits per heavy atom. The molecular formula is C11H24N4O. The van der Waals surface area contributed by atoms with Crippen LogP contribution in [-0.2, 0) is 4.79 Å². The normalized spacial score (nSPS) is 10.1. The molecule has 0 aromatic rings. The van der Waals surface area contributed by atoms with Crippen LogP contribution in [0.5, 0.6) is 0 Å². The first-order valence-corrected chi connectivity index (χ1v) is 5.68. The Labute approximate surface area is 98.1 Å². The van der Waals surface area contributed by atoms with Gasteiger partial charge in [-0.25, -0.2) is 0 Å². The molecule has 0 bridgehead atoms. The van der Waals surface area contributed by atoms with E-state index >= 15 is 0 Å². The highest BCUT2D eigenvalue weighted by Gasteiger charge is 1.98. The third-order valence-corrected chi connectivity index (χ3v) is 2.01. The second kappa shape index (κ2) is 10.6. The summed E-state index contributed by atoms with van der Waals surface area (Å²) >= 11 is 0. The third kappa shape index (κ3) is 9.64. The van der Waals surface area contributed by atoms with E-state index in [0.717, 1.165) is 32.7 Å². The third-order valence-electron chi connectivity index (χ3n) is 2.01. The van der Waals surface area contributed by atoms with E-state index in [1.165, 1.54) is 0 Å². The summed E-state index contributed by atoms with van der Waals surface area (Å²) < 4.78 is 0. The molecule has 5 heteroatoms. The van der Waals surface area contributed by atoms with Crippen molar-refractivity contribution in [2.75, 3.05) is 46.3 Å². The number of amides is 1. The zero-order chi connectivity index (χ0) is 12.2. The van der Waals surface area contributed by atoms with Crippen LogP contribution >= 0.6 is 0 Å². The van der Waals surface area contributed by atoms with Crippen LogP contribution in [0.2, 0.25) is 0 Å². The van der Waals surface area contributed by atoms with Gasteiger partial charge in [-0.05, 0) is 14.0 Å². The molecule has 0 radical (unpaired) electrons. The SMILES string of the molecule is C=C(C)C(=O)NCCNCCNCCNC. The molecule has 16 heavy (non-hydrogen) atoms. The van der Waals surface area contributed by atoms with Crippen molar-refractivity contribution in [3.8, 4) is 0 Å². The van der Waals surface area contributed by atoms with Crippen molar-refractivity contribution in [1.82, 2.24) is 21.3 Å². The largest absolute Gasteiger partial charge is 0.351 e. The summed E-state index contributed by atoms with van der Waals surface area (Å²) in [6.07, 6.45) is 0. The number of nitrogens with one attached hydrogen (secondary N) is 4. The van der Waals surface area contributed by atoms with Gasteiger partial charge >= 0.3 is 0 Å². The lowest BCUT2D eigenvalue weighted by atomic mass is 10.3. The number of carbonyl (C=O) groups excluding carboxylic acids is 1. The monoisotopic (exact) mass is 228 g/mol. The Bertz CT molecular complexity index is 206. The molecule has 0 rings (SSSR count). The van der Waals surface area contributed by atoms with Crippen LogP contribution in [0.4, 0.5) is 0 Å². The quantitative estimate of drug-likeness (QED) is 0.288. The van der Waals surface area contributed by atoms with Gasteiger partial charge in [0.05, 0.1) is 0 Å². The predicted octanol–water partition coefficient (Wildman–Crippen LogP) is -0.923. The number of hydrogen-bond acceptors (Lipinski definition) is 4. The second-order valence-corrected chi connectivity index (χ2v) is 3.64. The molecule has 0 fully saturated rings. The van der Waals surface area contributed by atoms with Crippen LogP contribution in [0, 0.1) is 0 Å². The number of rotatable bonds is 10. The van der Waals surface area contributed by atoms with Gasteiger partial charge in [0.2, 0.25) is 5.91 Å². The first-order valence-electron chi connectivity index (χ1n) is 5.68. The summed E-state index contributed by atoms with van der Waals surface area (Å²) in [6.45, 7) is 10.5. The van der Waals surface area contributed by atoms with Crippen molar-refractivity contribution >= 4 is 5.91 Å². The highest BCUT2D eigenvalue weighted by molar-refractivity contribution is 5.92. The lowest BCUT2D eigenvalue weighted by molar-refractivity contribution is -0.117. The molecule has 0 saturated carbocycles. The minimum Gasteiger partial charge on any atom is -0.351 e. The molecule has 0 aromatic carbocycles. The van der Waals surface area contributed by atoms with Crippen LogP contribution in [0.3, 0.4) is 0 Å². The first-order chi connectivity index (χ1) is 7.68. The molecule has 0 aliphatic rings. The molecule has 0 heterocycles. The zero-order valence-corrected chi connectivity index (χ0v) is 10.4. The van der Waals surface area contributed by atoms with Crippen LogP contribution in [0.1, 0.15) is 6.92 Å². The van der Waals surface area contributed by atoms with E-state index in [2.05, 4.69) is 27.8 Å². The predicted molar refractivity (Wildman–Crippen MR) is 67.5 cm³/mol. The standard InChI is InChI=1S/C11H24N4O/c1-10(2)11(16)15-9-8-14-7-6-13-5-4-12-3/h12-14H,1,4-9H2,2-3H3,(H,15,16). The maximum atomic E-state index is 11.1. The van der Waals surface area contributed by atoms with Gasteiger partial charge in [-0.1, -0.05) is 6.58 Å². The summed E-state index contributed by atoms with van der Waals surface area (Å²) in [5, 5.41) is 12.3. The molecular weight excluding hydrogens is 204 g/mol. The average molecular weight is 228 g/mol. The summed E-state index contributed by atoms with van der Waals surface area (Å²) in [4.78, 5) is 11.1. The topological polar surface area (TPSA) is 65.2 Å². The summed E-state index contributed by atoms with van der Waals surface area (Å²) in [6, 6.07) is 0. The Kier molecular flexibility index (Phi) is 10.00. The summed E-state index contributed by atoms with van der Waals surface area (Å²) in [7, 11) is 1.93. The Morgan fingerprint density at radius 3 is 2.00 bits per heavy atom. The van der Waals surface area contributed by atoms with E-state index in [4.69, 9.17) is 0 Å². The van der Waals surface area contributed by atoms with E-state index in [0.29, 0.717) is 12.1 Å². The van der Waals surface area contributed by atoms with Crippen LogP contribution in [-0.4, -0.2) is 52.2 Å². The lowest BCUT2D eigenvalue weighted by Crippen LogP contribution is -2.36. The minimum absolute atomic E-state index is 0.0751. The van der Waals surface area contributed by atoms with E-state index in [1.807, 2.05) is 7.05 Å². The fourth-order valence-corrected chi connectivity index (χ4v) is 1.06. The smallest absolute Gasteiger partial charge is 0.246 e. The molecule has 0 atom stereocenters. The molecule has 94 valence electrons. The van der Waals surface area contributed by atoms with Crippen molar-refractivity contribution in [3.63, 3.8) is 0 Å². The van der Waals surface area contributed by atoms with Crippen molar-refractivity contribution < 1.29 is 4.79 Å². The fraction of sp³-hybridized carbons (Fsp3) is 0.727. The van der Waals surface area contributed by atoms with Crippen LogP contribution in [0.25, 0.3) is 0 Å². The van der Waals surface area contributed by atoms with Gasteiger partial charge in [-0.3, -0.25) is 4.79 Å². The average Bonchev–Trinajstić information content (AvgIpc) is 2.26. The fourth-order valence-electron chi connectivity index (χ4n) is 1.06. The van der Waals surface area contributed by atoms with E-state index in [1.54, 1.807) is 6.92 Å². The van der Waals surface area contributed by atoms with Crippen LogP contribution < -0.4 is 21.3 Å². The number of carbonyl (C=O) groups is 1. The second-order valence-electron chi connectivity index (χ2n) is 3.64. The van der Waals surface area contributed by atoms with E-state index in [9.17, 15) is 4.79 Å². The molecule has 1 amide bonds. The molecule has 0 saturated heterocycles. The highest BCUT2D eigenvalue weighted by atomic mass is 16.1. The number of likely N-dealkylation sites (N-methyl/N-ethyl adjacent to an activating group) is 1. The molecule has 4 N–H and O–H groups in total. The van der Waals surface area contributed by atoms with Gasteiger partial charge in [0.25, 0.3) is 0 Å². The highest BCUT2D eigenvalue weighted by Crippen LogP contribution is 1.83. The summed E-state index contributed by atoms with van der Waals surface area (Å²) in [5.74, 6) is -0.0751. The van der Waals surface area contributed by atoms with Gasteiger partial charge in [-0.2, -0.15) is 0 Å². The minimum atomic E-state index is -0.0751. The van der Waals surface area contributed by atoms with Crippen LogP contribution in [0.15, 0.2) is 12.2 Å². The van der Waals surface area contributed by atoms with Gasteiger partial charge in [0.15, 0.2) is 0 Å². The van der Waals surface area contributed by atoms with Crippen molar-refractivity contribution in [1.29, 1.82) is 0 Å². The summed E-state index contributed by atoms with van der Waals surface area (Å²) in [5.41, 5.74) is 0.550. The zero-order valence-electron chi connectivity index (χ0n) is 10.4. The molecule has 0 spiro atoms. The molecule has 0 unspecified atom stereocenters. The van der Waals surface area contributed by atoms with Gasteiger partial charge in [0, 0.05) is 44.8 Å². The Balaban J connectivity index is 3.10. The van der Waals surface area contributed by atoms with E-state index in [-0.39, 0.29) is 5.91 Å². The number of hydrogen-bond donors (Lipinski definition) is 4. The Hall–Kier alpha value is -0.910. The maximum Gasteiger partial charge on any atom is 0.246 e. The molecule has 0 aliphatic carbocycles.